The van der Waals surface area contributed by atoms with Crippen LogP contribution in [0, 0.1) is 11.8 Å². The van der Waals surface area contributed by atoms with Crippen LogP contribution in [-0.4, -0.2) is 173 Å². The minimum Gasteiger partial charge on any atom is -0.396 e. The number of rotatable bonds is 47. The van der Waals surface area contributed by atoms with Crippen LogP contribution >= 0.6 is 70.4 Å². The van der Waals surface area contributed by atoms with Crippen molar-refractivity contribution in [2.75, 3.05) is 119 Å². The van der Waals surface area contributed by atoms with E-state index in [1.807, 2.05) is 0 Å². The summed E-state index contributed by atoms with van der Waals surface area (Å²) in [5, 5.41) is 9.07. The second-order valence-corrected chi connectivity index (χ2v) is 25.4. The van der Waals surface area contributed by atoms with Gasteiger partial charge in [0.1, 0.15) is 0 Å². The monoisotopic (exact) mass is 1220 g/mol. The average Bonchev–Trinajstić information content (AvgIpc) is 3.23. The molecule has 422 valence electrons. The molecule has 0 saturated heterocycles. The largest absolute Gasteiger partial charge is 0.472 e. The third-order valence-corrected chi connectivity index (χ3v) is 15.5. The van der Waals surface area contributed by atoms with E-state index in [1.165, 1.54) is 0 Å². The first-order valence-electron chi connectivity index (χ1n) is 19.3. The molecule has 0 bridgehead atoms. The van der Waals surface area contributed by atoms with Crippen molar-refractivity contribution in [2.45, 2.75) is 26.7 Å². The van der Waals surface area contributed by atoms with Gasteiger partial charge < -0.3 is 54.0 Å². The first-order valence-corrected chi connectivity index (χ1v) is 32.8. The van der Waals surface area contributed by atoms with Crippen LogP contribution in [0.5, 0.6) is 0 Å². The molecular formula is C24H59O37P9. The third-order valence-electron chi connectivity index (χ3n) is 6.98. The zero-order valence-electron chi connectivity index (χ0n) is 36.9. The van der Waals surface area contributed by atoms with Gasteiger partial charge in [0, 0.05) is 18.4 Å². The Bertz CT molecular complexity index is 1910. The number of hydrogen-bond acceptors (Lipinski definition) is 27. The van der Waals surface area contributed by atoms with Crippen molar-refractivity contribution in [3.05, 3.63) is 0 Å². The molecule has 46 heteroatoms. The summed E-state index contributed by atoms with van der Waals surface area (Å²) >= 11 is 0. The van der Waals surface area contributed by atoms with E-state index >= 15 is 0 Å². The zero-order chi connectivity index (χ0) is 53.8. The second kappa shape index (κ2) is 34.7. The van der Waals surface area contributed by atoms with E-state index in [2.05, 4.69) is 76.9 Å². The summed E-state index contributed by atoms with van der Waals surface area (Å²) in [4.78, 5) is 94.7. The molecule has 0 rings (SSSR count). The first kappa shape index (κ1) is 71.0. The van der Waals surface area contributed by atoms with Gasteiger partial charge in [-0.15, -0.1) is 0 Å². The van der Waals surface area contributed by atoms with Crippen LogP contribution in [0.3, 0.4) is 0 Å². The molecule has 0 aromatic rings. The SMILES string of the molecule is CCC(CO)COP(=O)(O)OCCOP(=O)(O)OCCOP(=O)(O)OCCOP(=O)(O)OCCOP(=O)(O)OCCOP(=O)(O)OCCOP(=O)(O)OCCOP(=O)(O)OCC(CC)COP(=O)(O)O. The summed E-state index contributed by atoms with van der Waals surface area (Å²) < 4.78 is 183. The predicted molar refractivity (Wildman–Crippen MR) is 226 cm³/mol. The topological polar surface area (TPSA) is 533 Å². The molecule has 11 N–H and O–H groups in total. The first-order chi connectivity index (χ1) is 32.1. The van der Waals surface area contributed by atoms with E-state index in [0.29, 0.717) is 6.42 Å². The Kier molecular flexibility index (Phi) is 35.1. The van der Waals surface area contributed by atoms with Crippen LogP contribution in [0.1, 0.15) is 26.7 Å². The van der Waals surface area contributed by atoms with Gasteiger partial charge >= 0.3 is 70.4 Å². The quantitative estimate of drug-likeness (QED) is 0.0307. The number of phosphoric acid groups is 9. The minimum atomic E-state index is -4.95. The van der Waals surface area contributed by atoms with Gasteiger partial charge in [0.25, 0.3) is 0 Å². The van der Waals surface area contributed by atoms with Gasteiger partial charge in [-0.2, -0.15) is 0 Å². The highest BCUT2D eigenvalue weighted by atomic mass is 31.2. The van der Waals surface area contributed by atoms with E-state index in [1.54, 1.807) is 13.8 Å². The fraction of sp³-hybridized carbons (Fsp3) is 1.00. The van der Waals surface area contributed by atoms with Crippen LogP contribution in [-0.2, 0) is 118 Å². The van der Waals surface area contributed by atoms with Crippen molar-refractivity contribution in [2.24, 2.45) is 11.8 Å². The fourth-order valence-corrected chi connectivity index (χ4v) is 9.69. The van der Waals surface area contributed by atoms with Gasteiger partial charge in [-0.05, 0) is 12.8 Å². The maximum absolute atomic E-state index is 12.0. The van der Waals surface area contributed by atoms with Crippen molar-refractivity contribution in [3.63, 3.8) is 0 Å². The van der Waals surface area contributed by atoms with Crippen LogP contribution in [0.25, 0.3) is 0 Å². The molecule has 0 aromatic carbocycles. The molecule has 10 unspecified atom stereocenters. The fourth-order valence-electron chi connectivity index (χ4n) is 3.62. The second-order valence-electron chi connectivity index (χ2n) is 12.5. The van der Waals surface area contributed by atoms with Crippen LogP contribution in [0.4, 0.5) is 0 Å². The summed E-state index contributed by atoms with van der Waals surface area (Å²) in [6, 6.07) is 0. The van der Waals surface area contributed by atoms with Gasteiger partial charge in [-0.25, -0.2) is 41.1 Å². The van der Waals surface area contributed by atoms with Gasteiger partial charge in [0.2, 0.25) is 0 Å². The lowest BCUT2D eigenvalue weighted by Crippen LogP contribution is -2.15. The molecule has 70 heavy (non-hydrogen) atoms. The molecule has 0 aliphatic rings. The van der Waals surface area contributed by atoms with Gasteiger partial charge in [0.05, 0.1) is 112 Å². The number of phosphoric ester groups is 9. The Labute approximate surface area is 399 Å². The summed E-state index contributed by atoms with van der Waals surface area (Å²) in [7, 11) is -43.5. The van der Waals surface area contributed by atoms with Crippen molar-refractivity contribution in [1.82, 2.24) is 0 Å². The lowest BCUT2D eigenvalue weighted by molar-refractivity contribution is 0.0703. The van der Waals surface area contributed by atoms with Gasteiger partial charge in [-0.1, -0.05) is 13.8 Å². The molecule has 10 atom stereocenters. The van der Waals surface area contributed by atoms with Gasteiger partial charge in [0.15, 0.2) is 0 Å². The number of hydrogen-bond donors (Lipinski definition) is 11. The van der Waals surface area contributed by atoms with E-state index in [-0.39, 0.29) is 19.6 Å². The molecule has 0 aromatic heterocycles. The van der Waals surface area contributed by atoms with Gasteiger partial charge in [-0.3, -0.25) is 76.9 Å². The van der Waals surface area contributed by atoms with Crippen LogP contribution in [0.2, 0.25) is 0 Å². The molecule has 0 amide bonds. The van der Waals surface area contributed by atoms with E-state index in [0.717, 1.165) is 0 Å². The highest BCUT2D eigenvalue weighted by Crippen LogP contribution is 2.50. The molecular weight excluding hydrogens is 1160 g/mol. The normalized spacial score (nSPS) is 20.4. The average molecular weight is 1220 g/mol. The third kappa shape index (κ3) is 41.2. The van der Waals surface area contributed by atoms with Crippen LogP contribution in [0.15, 0.2) is 0 Å². The summed E-state index contributed by atoms with van der Waals surface area (Å²) in [5.74, 6) is -1.14. The molecule has 37 nitrogen and oxygen atoms in total. The van der Waals surface area contributed by atoms with Crippen molar-refractivity contribution in [3.8, 4) is 0 Å². The maximum atomic E-state index is 12.0. The maximum Gasteiger partial charge on any atom is 0.472 e. The zero-order valence-corrected chi connectivity index (χ0v) is 44.9. The molecule has 0 spiro atoms. The summed E-state index contributed by atoms with van der Waals surface area (Å²) in [5.41, 5.74) is 0. The summed E-state index contributed by atoms with van der Waals surface area (Å²) in [6.45, 7) is -10.1. The molecule has 0 heterocycles. The predicted octanol–water partition coefficient (Wildman–Crippen LogP) is 2.21. The highest BCUT2D eigenvalue weighted by molar-refractivity contribution is 7.49. The summed E-state index contributed by atoms with van der Waals surface area (Å²) in [6.07, 6.45) is 0.672. The number of aliphatic hydroxyl groups is 1. The van der Waals surface area contributed by atoms with Crippen molar-refractivity contribution in [1.29, 1.82) is 0 Å². The molecule has 0 fully saturated rings. The Balaban J connectivity index is 4.25. The number of aliphatic hydroxyl groups excluding tert-OH is 1. The Morgan fingerprint density at radius 3 is 0.586 bits per heavy atom. The van der Waals surface area contributed by atoms with E-state index in [4.69, 9.17) is 14.9 Å². The van der Waals surface area contributed by atoms with Crippen molar-refractivity contribution >= 4 is 70.4 Å². The molecule has 0 radical (unpaired) electrons. The molecule has 0 aliphatic carbocycles. The smallest absolute Gasteiger partial charge is 0.396 e. The highest BCUT2D eigenvalue weighted by Gasteiger charge is 2.31. The Morgan fingerprint density at radius 1 is 0.271 bits per heavy atom. The van der Waals surface area contributed by atoms with E-state index in [9.17, 15) is 80.2 Å². The lowest BCUT2D eigenvalue weighted by atomic mass is 10.1. The van der Waals surface area contributed by atoms with Crippen molar-refractivity contribution < 1.29 is 172 Å². The molecule has 0 aliphatic heterocycles. The molecule has 0 saturated carbocycles. The Hall–Kier alpha value is 0.950. The standard InChI is InChI=1S/C24H59O37P9/c1-3-23(19-25)20-60-69(41,42)57-17-15-55-67(37,38)53-13-11-51-65(33,34)49-9-7-47-63(29,30)45-5-6-46-64(31,32)48-8-10-50-66(35,36)52-12-14-54-68(39,40)56-16-18-58-70(43,44)61-22-24(4-2)21-59-62(26,27)28/h23-25H,3-22H2,1-2H3,(H,29,30)(H,31,32)(H,33,34)(H,35,36)(H,37,38)(H,39,40)(H,41,42)(H,43,44)(H2,26,27,28). The Morgan fingerprint density at radius 2 is 0.429 bits per heavy atom. The minimum absolute atomic E-state index is 0.229. The van der Waals surface area contributed by atoms with Crippen LogP contribution < -0.4 is 0 Å². The van der Waals surface area contributed by atoms with E-state index < -0.39 is 188 Å². The lowest BCUT2D eigenvalue weighted by Gasteiger charge is -2.18.